The van der Waals surface area contributed by atoms with Gasteiger partial charge in [-0.25, -0.2) is 4.98 Å². The Hall–Kier alpha value is -2.36. The van der Waals surface area contributed by atoms with Crippen molar-refractivity contribution < 1.29 is 4.79 Å². The number of nitrogens with one attached hydrogen (secondary N) is 2. The largest absolute Gasteiger partial charge is 0.384 e. The summed E-state index contributed by atoms with van der Waals surface area (Å²) in [4.78, 5) is 16.3. The maximum Gasteiger partial charge on any atom is 0.256 e. The first kappa shape index (κ1) is 11.7. The van der Waals surface area contributed by atoms with Crippen LogP contribution in [0.2, 0.25) is 0 Å². The number of carbonyl (C=O) groups is 1. The third-order valence-corrected chi connectivity index (χ3v) is 3.23. The van der Waals surface area contributed by atoms with E-state index in [0.29, 0.717) is 11.4 Å². The summed E-state index contributed by atoms with van der Waals surface area (Å²) in [6.07, 6.45) is 2.66. The molecule has 0 saturated heterocycles. The van der Waals surface area contributed by atoms with Crippen LogP contribution in [0.1, 0.15) is 21.5 Å². The van der Waals surface area contributed by atoms with Crippen molar-refractivity contribution in [2.45, 2.75) is 13.3 Å². The van der Waals surface area contributed by atoms with Crippen molar-refractivity contribution in [3.63, 3.8) is 0 Å². The lowest BCUT2D eigenvalue weighted by Gasteiger charge is -2.06. The zero-order chi connectivity index (χ0) is 13.2. The van der Waals surface area contributed by atoms with Gasteiger partial charge in [0.2, 0.25) is 0 Å². The first-order valence-electron chi connectivity index (χ1n) is 6.33. The van der Waals surface area contributed by atoms with Crippen LogP contribution in [0, 0.1) is 6.92 Å². The van der Waals surface area contributed by atoms with E-state index < -0.39 is 0 Å². The molecule has 2 N–H and O–H groups in total. The topological polar surface area (TPSA) is 54.0 Å². The number of aromatic nitrogens is 1. The van der Waals surface area contributed by atoms with Crippen LogP contribution in [0.3, 0.4) is 0 Å². The molecule has 2 aromatic rings. The lowest BCUT2D eigenvalue weighted by atomic mass is 10.1. The molecule has 0 radical (unpaired) electrons. The van der Waals surface area contributed by atoms with Crippen LogP contribution in [0.25, 0.3) is 0 Å². The Balaban J connectivity index is 1.81. The molecule has 1 amide bonds. The molecule has 1 aliphatic heterocycles. The number of nitrogens with zero attached hydrogens (tertiary/aromatic N) is 1. The second kappa shape index (κ2) is 4.72. The van der Waals surface area contributed by atoms with E-state index in [-0.39, 0.29) is 5.91 Å². The lowest BCUT2D eigenvalue weighted by Crippen LogP contribution is -2.13. The van der Waals surface area contributed by atoms with Crippen LogP contribution in [0.4, 0.5) is 11.5 Å². The Bertz CT molecular complexity index is 637. The van der Waals surface area contributed by atoms with Gasteiger partial charge in [0, 0.05) is 24.0 Å². The summed E-state index contributed by atoms with van der Waals surface area (Å²) in [5.41, 5.74) is 4.07. The molecule has 4 nitrogen and oxygen atoms in total. The molecular weight excluding hydrogens is 238 g/mol. The zero-order valence-electron chi connectivity index (χ0n) is 10.7. The fraction of sp³-hybridized carbons (Fsp3) is 0.200. The Morgan fingerprint density at radius 3 is 3.05 bits per heavy atom. The van der Waals surface area contributed by atoms with Gasteiger partial charge in [-0.3, -0.25) is 4.79 Å². The Morgan fingerprint density at radius 2 is 2.21 bits per heavy atom. The number of hydrogen-bond acceptors (Lipinski definition) is 3. The molecule has 0 bridgehead atoms. The van der Waals surface area contributed by atoms with Crippen molar-refractivity contribution in [1.29, 1.82) is 0 Å². The van der Waals surface area contributed by atoms with Crippen molar-refractivity contribution in [3.8, 4) is 0 Å². The van der Waals surface area contributed by atoms with Crippen LogP contribution in [0.15, 0.2) is 36.5 Å². The molecule has 1 aliphatic rings. The summed E-state index contributed by atoms with van der Waals surface area (Å²) in [5, 5.41) is 6.10. The molecule has 0 aliphatic carbocycles. The monoisotopic (exact) mass is 253 g/mol. The van der Waals surface area contributed by atoms with Gasteiger partial charge in [-0.15, -0.1) is 0 Å². The molecule has 96 valence electrons. The summed E-state index contributed by atoms with van der Waals surface area (Å²) < 4.78 is 0. The first-order valence-corrected chi connectivity index (χ1v) is 6.33. The minimum Gasteiger partial charge on any atom is -0.384 e. The molecule has 3 rings (SSSR count). The summed E-state index contributed by atoms with van der Waals surface area (Å²) in [6.45, 7) is 2.91. The number of pyridine rings is 1. The normalized spacial score (nSPS) is 12.7. The number of carbonyl (C=O) groups excluding carboxylic acids is 1. The van der Waals surface area contributed by atoms with Crippen LogP contribution >= 0.6 is 0 Å². The minimum atomic E-state index is -0.118. The SMILES string of the molecule is Cc1ccnc(NC(=O)c2ccc3c(c2)CCN3)c1. The molecule has 0 saturated carbocycles. The number of rotatable bonds is 2. The van der Waals surface area contributed by atoms with Crippen LogP contribution < -0.4 is 10.6 Å². The Labute approximate surface area is 111 Å². The van der Waals surface area contributed by atoms with Gasteiger partial charge in [0.05, 0.1) is 0 Å². The van der Waals surface area contributed by atoms with E-state index in [9.17, 15) is 4.79 Å². The minimum absolute atomic E-state index is 0.118. The van der Waals surface area contributed by atoms with Crippen molar-refractivity contribution in [2.75, 3.05) is 17.2 Å². The summed E-state index contributed by atoms with van der Waals surface area (Å²) in [6, 6.07) is 9.49. The highest BCUT2D eigenvalue weighted by Gasteiger charge is 2.13. The number of benzene rings is 1. The van der Waals surface area contributed by atoms with E-state index in [4.69, 9.17) is 0 Å². The lowest BCUT2D eigenvalue weighted by molar-refractivity contribution is 0.102. The average Bonchev–Trinajstić information content (AvgIpc) is 2.85. The van der Waals surface area contributed by atoms with E-state index in [1.165, 1.54) is 5.56 Å². The third kappa shape index (κ3) is 2.42. The van der Waals surface area contributed by atoms with Gasteiger partial charge < -0.3 is 10.6 Å². The van der Waals surface area contributed by atoms with Crippen LogP contribution in [-0.4, -0.2) is 17.4 Å². The summed E-state index contributed by atoms with van der Waals surface area (Å²) in [7, 11) is 0. The zero-order valence-corrected chi connectivity index (χ0v) is 10.7. The van der Waals surface area contributed by atoms with E-state index in [2.05, 4.69) is 15.6 Å². The number of fused-ring (bicyclic) bond motifs is 1. The molecule has 0 unspecified atom stereocenters. The molecule has 0 atom stereocenters. The predicted molar refractivity (Wildman–Crippen MR) is 75.6 cm³/mol. The molecule has 1 aromatic carbocycles. The van der Waals surface area contributed by atoms with Gasteiger partial charge in [-0.05, 0) is 54.8 Å². The van der Waals surface area contributed by atoms with E-state index >= 15 is 0 Å². The van der Waals surface area contributed by atoms with E-state index in [0.717, 1.165) is 24.2 Å². The molecule has 0 fully saturated rings. The van der Waals surface area contributed by atoms with Crippen molar-refractivity contribution in [1.82, 2.24) is 4.98 Å². The van der Waals surface area contributed by atoms with Gasteiger partial charge in [0.15, 0.2) is 0 Å². The smallest absolute Gasteiger partial charge is 0.256 e. The van der Waals surface area contributed by atoms with E-state index in [1.807, 2.05) is 37.3 Å². The van der Waals surface area contributed by atoms with Gasteiger partial charge >= 0.3 is 0 Å². The highest BCUT2D eigenvalue weighted by Crippen LogP contribution is 2.23. The fourth-order valence-corrected chi connectivity index (χ4v) is 2.24. The average molecular weight is 253 g/mol. The predicted octanol–water partition coefficient (Wildman–Crippen LogP) is 2.61. The second-order valence-corrected chi connectivity index (χ2v) is 4.72. The van der Waals surface area contributed by atoms with Crippen molar-refractivity contribution in [3.05, 3.63) is 53.2 Å². The number of aryl methyl sites for hydroxylation is 1. The quantitative estimate of drug-likeness (QED) is 0.865. The Morgan fingerprint density at radius 1 is 1.32 bits per heavy atom. The maximum atomic E-state index is 12.2. The molecule has 4 heteroatoms. The Kier molecular flexibility index (Phi) is 2.91. The van der Waals surface area contributed by atoms with Gasteiger partial charge in [0.25, 0.3) is 5.91 Å². The first-order chi connectivity index (χ1) is 9.22. The number of hydrogen-bond donors (Lipinski definition) is 2. The molecule has 0 spiro atoms. The highest BCUT2D eigenvalue weighted by molar-refractivity contribution is 6.04. The molecule has 19 heavy (non-hydrogen) atoms. The van der Waals surface area contributed by atoms with Crippen LogP contribution in [-0.2, 0) is 6.42 Å². The molecule has 2 heterocycles. The molecular formula is C15H15N3O. The maximum absolute atomic E-state index is 12.2. The number of anilines is 2. The van der Waals surface area contributed by atoms with Crippen molar-refractivity contribution >= 4 is 17.4 Å². The second-order valence-electron chi connectivity index (χ2n) is 4.72. The van der Waals surface area contributed by atoms with Gasteiger partial charge in [-0.1, -0.05) is 0 Å². The highest BCUT2D eigenvalue weighted by atomic mass is 16.1. The van der Waals surface area contributed by atoms with Gasteiger partial charge in [-0.2, -0.15) is 0 Å². The standard InChI is InChI=1S/C15H15N3O/c1-10-4-6-17-14(8-10)18-15(19)12-2-3-13-11(9-12)5-7-16-13/h2-4,6,8-9,16H,5,7H2,1H3,(H,17,18,19). The van der Waals surface area contributed by atoms with Crippen molar-refractivity contribution in [2.24, 2.45) is 0 Å². The summed E-state index contributed by atoms with van der Waals surface area (Å²) in [5.74, 6) is 0.469. The number of amides is 1. The fourth-order valence-electron chi connectivity index (χ4n) is 2.24. The van der Waals surface area contributed by atoms with Gasteiger partial charge in [0.1, 0.15) is 5.82 Å². The van der Waals surface area contributed by atoms with Crippen LogP contribution in [0.5, 0.6) is 0 Å². The van der Waals surface area contributed by atoms with E-state index in [1.54, 1.807) is 6.20 Å². The third-order valence-electron chi connectivity index (χ3n) is 3.23. The molecule has 1 aromatic heterocycles. The summed E-state index contributed by atoms with van der Waals surface area (Å²) >= 11 is 0.